The van der Waals surface area contributed by atoms with Crippen LogP contribution in [0.15, 0.2) is 267 Å². The Balaban J connectivity index is 0.871. The minimum absolute atomic E-state index is 1.10. The zero-order chi connectivity index (χ0) is 47.5. The summed E-state index contributed by atoms with van der Waals surface area (Å²) in [5.74, 6) is 0. The molecule has 0 aliphatic carbocycles. The van der Waals surface area contributed by atoms with Crippen molar-refractivity contribution in [2.24, 2.45) is 0 Å². The van der Waals surface area contributed by atoms with Crippen molar-refractivity contribution in [3.8, 4) is 0 Å². The first-order chi connectivity index (χ1) is 35.7. The summed E-state index contributed by atoms with van der Waals surface area (Å²) in [6.45, 7) is 0. The molecule has 72 heavy (non-hydrogen) atoms. The van der Waals surface area contributed by atoms with Gasteiger partial charge in [0.2, 0.25) is 0 Å². The minimum Gasteiger partial charge on any atom is -0.309 e. The first-order valence-corrected chi connectivity index (χ1v) is 24.8. The maximum atomic E-state index is 2.47. The van der Waals surface area contributed by atoms with E-state index in [0.717, 1.165) is 45.3 Å². The lowest BCUT2D eigenvalue weighted by atomic mass is 9.96. The third-order valence-electron chi connectivity index (χ3n) is 14.7. The van der Waals surface area contributed by atoms with Gasteiger partial charge in [0.25, 0.3) is 0 Å². The summed E-state index contributed by atoms with van der Waals surface area (Å²) in [7, 11) is 0. The Morgan fingerprint density at radius 1 is 0.194 bits per heavy atom. The average Bonchev–Trinajstić information content (AvgIpc) is 3.45. The molecule has 0 radical (unpaired) electrons. The van der Waals surface area contributed by atoms with Gasteiger partial charge in [-0.05, 0) is 124 Å². The molecule has 0 saturated carbocycles. The summed E-state index contributed by atoms with van der Waals surface area (Å²) < 4.78 is 0. The van der Waals surface area contributed by atoms with E-state index in [9.17, 15) is 0 Å². The van der Waals surface area contributed by atoms with Gasteiger partial charge in [-0.25, -0.2) is 0 Å². The van der Waals surface area contributed by atoms with E-state index < -0.39 is 0 Å². The number of hydrogen-bond donors (Lipinski definition) is 0. The predicted molar refractivity (Wildman–Crippen MR) is 311 cm³/mol. The first-order valence-electron chi connectivity index (χ1n) is 24.8. The Labute approximate surface area is 418 Å². The van der Waals surface area contributed by atoms with Gasteiger partial charge in [-0.2, -0.15) is 0 Å². The van der Waals surface area contributed by atoms with Gasteiger partial charge >= 0.3 is 0 Å². The number of hydrogen-bond acceptors (Lipinski definition) is 2. The highest BCUT2D eigenvalue weighted by Gasteiger charge is 2.22. The van der Waals surface area contributed by atoms with Gasteiger partial charge in [-0.3, -0.25) is 0 Å². The van der Waals surface area contributed by atoms with E-state index >= 15 is 0 Å². The fourth-order valence-electron chi connectivity index (χ4n) is 11.4. The Bertz CT molecular complexity index is 3930. The molecule has 2 heteroatoms. The Morgan fingerprint density at radius 2 is 0.403 bits per heavy atom. The molecule has 0 unspecified atom stereocenters. The maximum Gasteiger partial charge on any atom is 0.0546 e. The second kappa shape index (κ2) is 17.2. The standard InChI is InChI=1S/C70H46N2/c1-5-21-55-49(17-1)43-67(63-29-13-9-25-59(55)63)71(68-44-50-18-2-6-22-56(50)60-26-10-14-30-64(60)68)53-39-35-47(36-40-53)33-34-48-37-41-54(42-38-48)72(69-45-51-19-3-7-23-57(51)61-27-11-15-31-65(61)69)70-46-52-20-4-8-24-58(52)62-28-12-16-32-66(62)70/h1-46H. The third-order valence-corrected chi connectivity index (χ3v) is 14.7. The molecule has 14 aromatic rings. The molecule has 14 aromatic carbocycles. The number of fused-ring (bicyclic) bond motifs is 12. The zero-order valence-corrected chi connectivity index (χ0v) is 39.5. The molecule has 0 N–H and O–H groups in total. The lowest BCUT2D eigenvalue weighted by Gasteiger charge is -2.29. The lowest BCUT2D eigenvalue weighted by Crippen LogP contribution is -2.11. The number of rotatable bonds is 8. The van der Waals surface area contributed by atoms with Gasteiger partial charge in [0.1, 0.15) is 0 Å². The van der Waals surface area contributed by atoms with Gasteiger partial charge in [0.05, 0.1) is 22.7 Å². The molecular weight excluding hydrogens is 869 g/mol. The van der Waals surface area contributed by atoms with Crippen molar-refractivity contribution < 1.29 is 0 Å². The highest BCUT2D eigenvalue weighted by molar-refractivity contribution is 6.20. The summed E-state index contributed by atoms with van der Waals surface area (Å²) in [5.41, 5.74) is 9.04. The molecule has 0 atom stereocenters. The van der Waals surface area contributed by atoms with Gasteiger partial charge < -0.3 is 9.80 Å². The van der Waals surface area contributed by atoms with Crippen molar-refractivity contribution in [2.45, 2.75) is 0 Å². The van der Waals surface area contributed by atoms with Crippen molar-refractivity contribution in [1.29, 1.82) is 0 Å². The summed E-state index contributed by atoms with van der Waals surface area (Å²) in [5, 5.41) is 19.7. The highest BCUT2D eigenvalue weighted by Crippen LogP contribution is 2.48. The number of nitrogens with zero attached hydrogens (tertiary/aromatic N) is 2. The molecule has 0 aliphatic heterocycles. The lowest BCUT2D eigenvalue weighted by molar-refractivity contribution is 1.32. The summed E-state index contributed by atoms with van der Waals surface area (Å²) >= 11 is 0. The SMILES string of the molecule is C(=Cc1ccc(N(c2cc3ccccc3c3ccccc23)c2cc3ccccc3c3ccccc23)cc1)c1ccc(N(c2cc3ccccc3c3ccccc23)c2cc3ccccc3c3ccccc23)cc1. The van der Waals surface area contributed by atoms with E-state index in [1.54, 1.807) is 0 Å². The molecular formula is C70H46N2. The molecule has 0 aromatic heterocycles. The minimum atomic E-state index is 1.10. The van der Waals surface area contributed by atoms with Crippen molar-refractivity contribution in [3.05, 3.63) is 278 Å². The molecule has 0 bridgehead atoms. The van der Waals surface area contributed by atoms with Crippen molar-refractivity contribution in [1.82, 2.24) is 0 Å². The van der Waals surface area contributed by atoms with Crippen LogP contribution in [0.5, 0.6) is 0 Å². The van der Waals surface area contributed by atoms with Crippen LogP contribution in [0, 0.1) is 0 Å². The monoisotopic (exact) mass is 914 g/mol. The van der Waals surface area contributed by atoms with Crippen LogP contribution in [0.2, 0.25) is 0 Å². The number of anilines is 6. The van der Waals surface area contributed by atoms with Crippen LogP contribution >= 0.6 is 0 Å². The zero-order valence-electron chi connectivity index (χ0n) is 39.5. The van der Waals surface area contributed by atoms with Crippen LogP contribution < -0.4 is 9.80 Å². The molecule has 0 amide bonds. The molecule has 2 nitrogen and oxygen atoms in total. The normalized spacial score (nSPS) is 11.8. The molecule has 0 spiro atoms. The van der Waals surface area contributed by atoms with Crippen LogP contribution in [0.4, 0.5) is 34.1 Å². The highest BCUT2D eigenvalue weighted by atomic mass is 15.2. The van der Waals surface area contributed by atoms with E-state index in [2.05, 4.69) is 289 Å². The summed E-state index contributed by atoms with van der Waals surface area (Å²) in [6, 6.07) is 97.9. The quantitative estimate of drug-likeness (QED) is 0.111. The topological polar surface area (TPSA) is 6.48 Å². The van der Waals surface area contributed by atoms with Crippen LogP contribution in [-0.2, 0) is 0 Å². The second-order valence-electron chi connectivity index (χ2n) is 18.8. The van der Waals surface area contributed by atoms with Crippen LogP contribution in [0.1, 0.15) is 11.1 Å². The van der Waals surface area contributed by atoms with Gasteiger partial charge in [0.15, 0.2) is 0 Å². The Morgan fingerprint density at radius 3 is 0.653 bits per heavy atom. The second-order valence-corrected chi connectivity index (χ2v) is 18.8. The first kappa shape index (κ1) is 41.5. The fraction of sp³-hybridized carbons (Fsp3) is 0. The van der Waals surface area contributed by atoms with E-state index in [1.165, 1.54) is 86.2 Å². The average molecular weight is 915 g/mol. The van der Waals surface area contributed by atoms with Gasteiger partial charge in [-0.15, -0.1) is 0 Å². The predicted octanol–water partition coefficient (Wildman–Crippen LogP) is 20.0. The van der Waals surface area contributed by atoms with E-state index in [4.69, 9.17) is 0 Å². The van der Waals surface area contributed by atoms with E-state index in [1.807, 2.05) is 0 Å². The van der Waals surface area contributed by atoms with Crippen LogP contribution in [0.3, 0.4) is 0 Å². The van der Waals surface area contributed by atoms with Crippen LogP contribution in [0.25, 0.3) is 98.3 Å². The Hall–Kier alpha value is -9.50. The van der Waals surface area contributed by atoms with Crippen molar-refractivity contribution >= 4 is 132 Å². The smallest absolute Gasteiger partial charge is 0.0546 e. The fourth-order valence-corrected chi connectivity index (χ4v) is 11.4. The van der Waals surface area contributed by atoms with Crippen molar-refractivity contribution in [3.63, 3.8) is 0 Å². The summed E-state index contributed by atoms with van der Waals surface area (Å²) in [4.78, 5) is 4.94. The molecule has 0 saturated heterocycles. The molecule has 0 fully saturated rings. The molecule has 0 aliphatic rings. The largest absolute Gasteiger partial charge is 0.309 e. The molecule has 336 valence electrons. The molecule has 14 rings (SSSR count). The number of benzene rings is 14. The van der Waals surface area contributed by atoms with Gasteiger partial charge in [0, 0.05) is 32.9 Å². The van der Waals surface area contributed by atoms with E-state index in [-0.39, 0.29) is 0 Å². The van der Waals surface area contributed by atoms with Crippen molar-refractivity contribution in [2.75, 3.05) is 9.80 Å². The Kier molecular flexibility index (Phi) is 9.89. The van der Waals surface area contributed by atoms with E-state index in [0.29, 0.717) is 0 Å². The summed E-state index contributed by atoms with van der Waals surface area (Å²) in [6.07, 6.45) is 4.46. The molecule has 0 heterocycles. The van der Waals surface area contributed by atoms with Crippen LogP contribution in [-0.4, -0.2) is 0 Å². The third kappa shape index (κ3) is 6.95. The van der Waals surface area contributed by atoms with Gasteiger partial charge in [-0.1, -0.05) is 231 Å². The maximum absolute atomic E-state index is 2.47.